The number of nitrogens with one attached hydrogen (secondary N) is 1. The van der Waals surface area contributed by atoms with Gasteiger partial charge in [0.1, 0.15) is 0 Å². The molecule has 114 valence electrons. The molecule has 0 fully saturated rings. The number of benzene rings is 1. The number of carbonyl (C=O) groups excluding carboxylic acids is 1. The topological polar surface area (TPSA) is 72.5 Å². The largest absolute Gasteiger partial charge is 0.469 e. The summed E-state index contributed by atoms with van der Waals surface area (Å²) in [6, 6.07) is 5.53. The highest BCUT2D eigenvalue weighted by atomic mass is 32.2. The molecule has 1 rings (SSSR count). The third-order valence-corrected chi connectivity index (χ3v) is 4.37. The lowest BCUT2D eigenvalue weighted by atomic mass is 10.2. The quantitative estimate of drug-likeness (QED) is 0.612. The molecule has 1 unspecified atom stereocenters. The molecule has 0 aliphatic carbocycles. The Morgan fingerprint density at radius 2 is 2.00 bits per heavy atom. The van der Waals surface area contributed by atoms with E-state index in [1.807, 2.05) is 6.92 Å². The van der Waals surface area contributed by atoms with E-state index in [0.717, 1.165) is 6.42 Å². The second-order valence-electron chi connectivity index (χ2n) is 4.53. The SMILES string of the molecule is C#CC(CCC)NS(=O)(=O)c1ccc(CC(=O)OC)cc1. The zero-order valence-corrected chi connectivity index (χ0v) is 12.9. The number of esters is 1. The van der Waals surface area contributed by atoms with Gasteiger partial charge in [0.25, 0.3) is 0 Å². The van der Waals surface area contributed by atoms with Crippen LogP contribution >= 0.6 is 0 Å². The van der Waals surface area contributed by atoms with Crippen molar-refractivity contribution < 1.29 is 17.9 Å². The maximum absolute atomic E-state index is 12.2. The van der Waals surface area contributed by atoms with Gasteiger partial charge in [0.15, 0.2) is 0 Å². The van der Waals surface area contributed by atoms with Crippen molar-refractivity contribution in [3.63, 3.8) is 0 Å². The second-order valence-corrected chi connectivity index (χ2v) is 6.24. The van der Waals surface area contributed by atoms with Crippen molar-refractivity contribution in [2.75, 3.05) is 7.11 Å². The van der Waals surface area contributed by atoms with Crippen molar-refractivity contribution in [2.24, 2.45) is 0 Å². The van der Waals surface area contributed by atoms with Crippen LogP contribution in [0.2, 0.25) is 0 Å². The average Bonchev–Trinajstić information content (AvgIpc) is 2.47. The van der Waals surface area contributed by atoms with Gasteiger partial charge in [0.2, 0.25) is 10.0 Å². The average molecular weight is 309 g/mol. The number of sulfonamides is 1. The van der Waals surface area contributed by atoms with Gasteiger partial charge in [-0.1, -0.05) is 31.4 Å². The van der Waals surface area contributed by atoms with Gasteiger partial charge < -0.3 is 4.74 Å². The van der Waals surface area contributed by atoms with E-state index in [9.17, 15) is 13.2 Å². The number of terminal acetylenes is 1. The van der Waals surface area contributed by atoms with Crippen molar-refractivity contribution in [1.29, 1.82) is 0 Å². The fourth-order valence-corrected chi connectivity index (χ4v) is 2.94. The fourth-order valence-electron chi connectivity index (χ4n) is 1.75. The molecule has 0 radical (unpaired) electrons. The summed E-state index contributed by atoms with van der Waals surface area (Å²) in [4.78, 5) is 11.3. The minimum Gasteiger partial charge on any atom is -0.469 e. The molecule has 21 heavy (non-hydrogen) atoms. The first-order valence-corrected chi connectivity index (χ1v) is 8.05. The molecule has 5 nitrogen and oxygen atoms in total. The summed E-state index contributed by atoms with van der Waals surface area (Å²) < 4.78 is 31.4. The summed E-state index contributed by atoms with van der Waals surface area (Å²) in [6.45, 7) is 1.93. The van der Waals surface area contributed by atoms with Crippen LogP contribution in [-0.4, -0.2) is 27.5 Å². The number of carbonyl (C=O) groups is 1. The smallest absolute Gasteiger partial charge is 0.309 e. The first-order chi connectivity index (χ1) is 9.92. The molecule has 0 spiro atoms. The molecule has 1 aromatic carbocycles. The van der Waals surface area contributed by atoms with Gasteiger partial charge in [-0.25, -0.2) is 8.42 Å². The number of ether oxygens (including phenoxy) is 1. The highest BCUT2D eigenvalue weighted by Gasteiger charge is 2.18. The Morgan fingerprint density at radius 1 is 1.38 bits per heavy atom. The molecule has 0 bridgehead atoms. The Kier molecular flexibility index (Phi) is 6.40. The monoisotopic (exact) mass is 309 g/mol. The van der Waals surface area contributed by atoms with Crippen molar-refractivity contribution in [1.82, 2.24) is 4.72 Å². The van der Waals surface area contributed by atoms with E-state index in [1.165, 1.54) is 19.2 Å². The van der Waals surface area contributed by atoms with E-state index in [-0.39, 0.29) is 17.3 Å². The number of methoxy groups -OCH3 is 1. The standard InChI is InChI=1S/C15H19NO4S/c1-4-6-13(5-2)16-21(18,19)14-9-7-12(8-10-14)11-15(17)20-3/h2,7-10,13,16H,4,6,11H2,1,3H3. The lowest BCUT2D eigenvalue weighted by molar-refractivity contribution is -0.139. The maximum Gasteiger partial charge on any atom is 0.309 e. The number of hydrogen-bond donors (Lipinski definition) is 1. The van der Waals surface area contributed by atoms with Gasteiger partial charge in [0.05, 0.1) is 24.5 Å². The van der Waals surface area contributed by atoms with Crippen molar-refractivity contribution in [3.8, 4) is 12.3 Å². The van der Waals surface area contributed by atoms with Crippen LogP contribution in [0.25, 0.3) is 0 Å². The molecule has 0 aliphatic rings. The maximum atomic E-state index is 12.2. The summed E-state index contributed by atoms with van der Waals surface area (Å²) in [6.07, 6.45) is 6.78. The summed E-state index contributed by atoms with van der Waals surface area (Å²) in [7, 11) is -2.35. The van der Waals surface area contributed by atoms with E-state index in [2.05, 4.69) is 15.4 Å². The molecule has 0 aliphatic heterocycles. The highest BCUT2D eigenvalue weighted by Crippen LogP contribution is 2.12. The zero-order chi connectivity index (χ0) is 15.9. The van der Waals surface area contributed by atoms with Crippen LogP contribution in [-0.2, 0) is 26.0 Å². The normalized spacial score (nSPS) is 12.4. The van der Waals surface area contributed by atoms with Crippen LogP contribution in [0.3, 0.4) is 0 Å². The van der Waals surface area contributed by atoms with Gasteiger partial charge in [-0.2, -0.15) is 4.72 Å². The van der Waals surface area contributed by atoms with Gasteiger partial charge in [0, 0.05) is 0 Å². The molecule has 0 amide bonds. The molecule has 1 aromatic rings. The van der Waals surface area contributed by atoms with Crippen molar-refractivity contribution >= 4 is 16.0 Å². The number of hydrogen-bond acceptors (Lipinski definition) is 4. The summed E-state index contributed by atoms with van der Waals surface area (Å²) in [5, 5.41) is 0. The van der Waals surface area contributed by atoms with E-state index < -0.39 is 16.1 Å². The van der Waals surface area contributed by atoms with Gasteiger partial charge in [-0.05, 0) is 24.1 Å². The Hall–Kier alpha value is -1.84. The van der Waals surface area contributed by atoms with Gasteiger partial charge in [-0.3, -0.25) is 4.79 Å². The molecule has 1 atom stereocenters. The fraction of sp³-hybridized carbons (Fsp3) is 0.400. The van der Waals surface area contributed by atoms with E-state index in [0.29, 0.717) is 12.0 Å². The Balaban J connectivity index is 2.85. The van der Waals surface area contributed by atoms with Crippen molar-refractivity contribution in [3.05, 3.63) is 29.8 Å². The van der Waals surface area contributed by atoms with Crippen LogP contribution < -0.4 is 4.72 Å². The first-order valence-electron chi connectivity index (χ1n) is 6.57. The van der Waals surface area contributed by atoms with Crippen LogP contribution in [0.15, 0.2) is 29.2 Å². The summed E-state index contributed by atoms with van der Waals surface area (Å²) >= 11 is 0. The van der Waals surface area contributed by atoms with Crippen molar-refractivity contribution in [2.45, 2.75) is 37.1 Å². The van der Waals surface area contributed by atoms with Gasteiger partial charge in [-0.15, -0.1) is 6.42 Å². The van der Waals surface area contributed by atoms with E-state index in [4.69, 9.17) is 6.42 Å². The molecular weight excluding hydrogens is 290 g/mol. The van der Waals surface area contributed by atoms with E-state index in [1.54, 1.807) is 12.1 Å². The molecule has 0 saturated carbocycles. The first kappa shape index (κ1) is 17.2. The lowest BCUT2D eigenvalue weighted by Gasteiger charge is -2.12. The Bertz CT molecular complexity index is 614. The van der Waals surface area contributed by atoms with Crippen LogP contribution in [0, 0.1) is 12.3 Å². The van der Waals surface area contributed by atoms with Crippen LogP contribution in [0.4, 0.5) is 0 Å². The number of rotatable bonds is 7. The third-order valence-electron chi connectivity index (χ3n) is 2.89. The molecule has 6 heteroatoms. The molecule has 1 N–H and O–H groups in total. The molecule has 0 heterocycles. The molecule has 0 aromatic heterocycles. The summed E-state index contributed by atoms with van der Waals surface area (Å²) in [5.74, 6) is 2.05. The van der Waals surface area contributed by atoms with Crippen LogP contribution in [0.1, 0.15) is 25.3 Å². The van der Waals surface area contributed by atoms with E-state index >= 15 is 0 Å². The Labute approximate surface area is 125 Å². The summed E-state index contributed by atoms with van der Waals surface area (Å²) in [5.41, 5.74) is 0.683. The predicted octanol–water partition coefficient (Wildman–Crippen LogP) is 1.48. The zero-order valence-electron chi connectivity index (χ0n) is 12.1. The Morgan fingerprint density at radius 3 is 2.48 bits per heavy atom. The minimum atomic E-state index is -3.65. The predicted molar refractivity (Wildman–Crippen MR) is 80.0 cm³/mol. The third kappa shape index (κ3) is 5.21. The lowest BCUT2D eigenvalue weighted by Crippen LogP contribution is -2.33. The van der Waals surface area contributed by atoms with Gasteiger partial charge >= 0.3 is 5.97 Å². The molecular formula is C15H19NO4S. The minimum absolute atomic E-state index is 0.104. The second kappa shape index (κ2) is 7.81. The highest BCUT2D eigenvalue weighted by molar-refractivity contribution is 7.89. The van der Waals surface area contributed by atoms with Crippen LogP contribution in [0.5, 0.6) is 0 Å². The molecule has 0 saturated heterocycles.